The van der Waals surface area contributed by atoms with Gasteiger partial charge >= 0.3 is 0 Å². The van der Waals surface area contributed by atoms with Gasteiger partial charge in [0.1, 0.15) is 5.75 Å². The zero-order valence-electron chi connectivity index (χ0n) is 16.1. The average molecular weight is 429 g/mol. The molecule has 7 heteroatoms. The zero-order chi connectivity index (χ0) is 20.8. The van der Waals surface area contributed by atoms with E-state index >= 15 is 0 Å². The van der Waals surface area contributed by atoms with Crippen molar-refractivity contribution in [2.75, 3.05) is 14.2 Å². The number of methoxy groups -OCH3 is 1. The van der Waals surface area contributed by atoms with Gasteiger partial charge in [0.15, 0.2) is 0 Å². The summed E-state index contributed by atoms with van der Waals surface area (Å²) in [6, 6.07) is 16.2. The van der Waals surface area contributed by atoms with Gasteiger partial charge in [-0.15, -0.1) is 11.3 Å². The molecule has 0 atom stereocenters. The second kappa shape index (κ2) is 9.58. The van der Waals surface area contributed by atoms with Crippen LogP contribution < -0.4 is 10.1 Å². The summed E-state index contributed by atoms with van der Waals surface area (Å²) in [5.74, 6) is 0.474. The number of carbonyl (C=O) groups excluding carboxylic acids is 2. The monoisotopic (exact) mass is 428 g/mol. The van der Waals surface area contributed by atoms with E-state index in [1.54, 1.807) is 55.5 Å². The Morgan fingerprint density at radius 3 is 2.55 bits per heavy atom. The minimum atomic E-state index is -0.110. The van der Waals surface area contributed by atoms with Gasteiger partial charge < -0.3 is 15.0 Å². The van der Waals surface area contributed by atoms with Crippen molar-refractivity contribution in [3.05, 3.63) is 86.6 Å². The number of benzene rings is 2. The fourth-order valence-corrected chi connectivity index (χ4v) is 3.70. The number of ether oxygens (including phenoxy) is 1. The molecule has 1 aromatic heterocycles. The molecule has 0 radical (unpaired) electrons. The van der Waals surface area contributed by atoms with Gasteiger partial charge in [0.05, 0.1) is 12.0 Å². The molecular formula is C22H21ClN2O3S. The van der Waals surface area contributed by atoms with E-state index in [9.17, 15) is 9.59 Å². The van der Waals surface area contributed by atoms with Crippen molar-refractivity contribution in [2.45, 2.75) is 13.1 Å². The van der Waals surface area contributed by atoms with Crippen molar-refractivity contribution in [1.82, 2.24) is 10.2 Å². The summed E-state index contributed by atoms with van der Waals surface area (Å²) in [7, 11) is 3.32. The number of halogens is 1. The molecule has 0 aliphatic carbocycles. The van der Waals surface area contributed by atoms with Crippen LogP contribution in [0.4, 0.5) is 0 Å². The summed E-state index contributed by atoms with van der Waals surface area (Å²) in [4.78, 5) is 27.1. The van der Waals surface area contributed by atoms with Gasteiger partial charge in [-0.25, -0.2) is 0 Å². The van der Waals surface area contributed by atoms with Crippen LogP contribution in [0.2, 0.25) is 5.02 Å². The smallest absolute Gasteiger partial charge is 0.261 e. The van der Waals surface area contributed by atoms with Gasteiger partial charge in [-0.05, 0) is 47.3 Å². The van der Waals surface area contributed by atoms with E-state index in [0.717, 1.165) is 11.1 Å². The Morgan fingerprint density at radius 2 is 1.90 bits per heavy atom. The van der Waals surface area contributed by atoms with Crippen molar-refractivity contribution in [2.24, 2.45) is 0 Å². The summed E-state index contributed by atoms with van der Waals surface area (Å²) >= 11 is 7.47. The van der Waals surface area contributed by atoms with Gasteiger partial charge in [0.25, 0.3) is 11.8 Å². The van der Waals surface area contributed by atoms with E-state index in [0.29, 0.717) is 34.3 Å². The zero-order valence-corrected chi connectivity index (χ0v) is 17.7. The fourth-order valence-electron chi connectivity index (χ4n) is 2.86. The molecule has 0 fully saturated rings. The van der Waals surface area contributed by atoms with Crippen molar-refractivity contribution in [3.63, 3.8) is 0 Å². The van der Waals surface area contributed by atoms with Crippen molar-refractivity contribution in [1.29, 1.82) is 0 Å². The van der Waals surface area contributed by atoms with E-state index in [1.165, 1.54) is 11.3 Å². The van der Waals surface area contributed by atoms with Gasteiger partial charge in [0, 0.05) is 36.3 Å². The summed E-state index contributed by atoms with van der Waals surface area (Å²) in [6.45, 7) is 0.780. The molecule has 2 aromatic carbocycles. The minimum Gasteiger partial charge on any atom is -0.496 e. The van der Waals surface area contributed by atoms with E-state index < -0.39 is 0 Å². The minimum absolute atomic E-state index is 0.102. The molecule has 0 saturated carbocycles. The largest absolute Gasteiger partial charge is 0.496 e. The molecular weight excluding hydrogens is 408 g/mol. The molecule has 1 N–H and O–H groups in total. The van der Waals surface area contributed by atoms with Crippen LogP contribution in [0.25, 0.3) is 0 Å². The number of hydrogen-bond acceptors (Lipinski definition) is 4. The van der Waals surface area contributed by atoms with E-state index in [-0.39, 0.29) is 11.8 Å². The van der Waals surface area contributed by atoms with Crippen molar-refractivity contribution in [3.8, 4) is 5.75 Å². The molecule has 29 heavy (non-hydrogen) atoms. The Balaban J connectivity index is 1.61. The molecule has 1 heterocycles. The first-order valence-corrected chi connectivity index (χ1v) is 10.2. The lowest BCUT2D eigenvalue weighted by Crippen LogP contribution is -2.26. The van der Waals surface area contributed by atoms with Gasteiger partial charge in [-0.3, -0.25) is 9.59 Å². The third-order valence-corrected chi connectivity index (χ3v) is 5.50. The predicted molar refractivity (Wildman–Crippen MR) is 116 cm³/mol. The topological polar surface area (TPSA) is 58.6 Å². The average Bonchev–Trinajstić information content (AvgIpc) is 3.27. The van der Waals surface area contributed by atoms with Crippen LogP contribution in [0.5, 0.6) is 5.75 Å². The maximum Gasteiger partial charge on any atom is 0.261 e. The number of thiophene rings is 1. The maximum absolute atomic E-state index is 12.8. The molecule has 0 spiro atoms. The number of rotatable bonds is 7. The number of carbonyl (C=O) groups is 2. The number of hydrogen-bond donors (Lipinski definition) is 1. The molecule has 0 bridgehead atoms. The van der Waals surface area contributed by atoms with Crippen LogP contribution in [-0.2, 0) is 13.1 Å². The molecule has 2 amide bonds. The van der Waals surface area contributed by atoms with Crippen LogP contribution in [-0.4, -0.2) is 30.9 Å². The molecule has 0 saturated heterocycles. The number of nitrogens with one attached hydrogen (secondary N) is 1. The molecule has 150 valence electrons. The lowest BCUT2D eigenvalue weighted by Gasteiger charge is -2.19. The van der Waals surface area contributed by atoms with E-state index in [2.05, 4.69) is 5.32 Å². The fraction of sp³-hybridized carbons (Fsp3) is 0.182. The van der Waals surface area contributed by atoms with Crippen molar-refractivity contribution >= 4 is 34.8 Å². The maximum atomic E-state index is 12.8. The summed E-state index contributed by atoms with van der Waals surface area (Å²) in [5, 5.41) is 5.33. The van der Waals surface area contributed by atoms with E-state index in [4.69, 9.17) is 16.3 Å². The Bertz CT molecular complexity index is 988. The molecule has 3 aromatic rings. The standard InChI is InChI=1S/C22H21ClN2O3S/c1-25(14-17-12-18(23)9-10-19(17)28-2)22(27)16-7-5-15(6-8-16)13-24-21(26)20-4-3-11-29-20/h3-12H,13-14H2,1-2H3,(H,24,26). The lowest BCUT2D eigenvalue weighted by molar-refractivity contribution is 0.0783. The molecule has 0 aliphatic rings. The molecule has 0 unspecified atom stereocenters. The van der Waals surface area contributed by atoms with Crippen LogP contribution in [0.1, 0.15) is 31.2 Å². The highest BCUT2D eigenvalue weighted by Gasteiger charge is 2.15. The quantitative estimate of drug-likeness (QED) is 0.597. The molecule has 3 rings (SSSR count). The Morgan fingerprint density at radius 1 is 1.14 bits per heavy atom. The Kier molecular flexibility index (Phi) is 6.90. The highest BCUT2D eigenvalue weighted by Crippen LogP contribution is 2.24. The van der Waals surface area contributed by atoms with Crippen molar-refractivity contribution < 1.29 is 14.3 Å². The first-order valence-electron chi connectivity index (χ1n) is 8.96. The first kappa shape index (κ1) is 20.9. The predicted octanol–water partition coefficient (Wildman–Crippen LogP) is 4.61. The van der Waals surface area contributed by atoms with Gasteiger partial charge in [-0.1, -0.05) is 29.8 Å². The summed E-state index contributed by atoms with van der Waals surface area (Å²) in [6.07, 6.45) is 0. The normalized spacial score (nSPS) is 10.4. The van der Waals surface area contributed by atoms with E-state index in [1.807, 2.05) is 23.6 Å². The number of nitrogens with zero attached hydrogens (tertiary/aromatic N) is 1. The Hall–Kier alpha value is -2.83. The van der Waals surface area contributed by atoms with Crippen LogP contribution in [0.15, 0.2) is 60.0 Å². The second-order valence-electron chi connectivity index (χ2n) is 6.47. The number of amides is 2. The molecule has 0 aliphatic heterocycles. The second-order valence-corrected chi connectivity index (χ2v) is 7.86. The highest BCUT2D eigenvalue weighted by molar-refractivity contribution is 7.12. The van der Waals surface area contributed by atoms with Crippen LogP contribution in [0.3, 0.4) is 0 Å². The first-order chi connectivity index (χ1) is 14.0. The summed E-state index contributed by atoms with van der Waals surface area (Å²) in [5.41, 5.74) is 2.33. The lowest BCUT2D eigenvalue weighted by atomic mass is 10.1. The Labute approximate surface area is 178 Å². The molecule has 5 nitrogen and oxygen atoms in total. The highest BCUT2D eigenvalue weighted by atomic mass is 35.5. The van der Waals surface area contributed by atoms with Gasteiger partial charge in [0.2, 0.25) is 0 Å². The van der Waals surface area contributed by atoms with Gasteiger partial charge in [-0.2, -0.15) is 0 Å². The van der Waals surface area contributed by atoms with Crippen LogP contribution >= 0.6 is 22.9 Å². The third kappa shape index (κ3) is 5.37. The SMILES string of the molecule is COc1ccc(Cl)cc1CN(C)C(=O)c1ccc(CNC(=O)c2cccs2)cc1. The third-order valence-electron chi connectivity index (χ3n) is 4.40. The summed E-state index contributed by atoms with van der Waals surface area (Å²) < 4.78 is 5.34. The van der Waals surface area contributed by atoms with Crippen LogP contribution in [0, 0.1) is 0 Å².